The van der Waals surface area contributed by atoms with E-state index < -0.39 is 10.0 Å². The van der Waals surface area contributed by atoms with Crippen molar-refractivity contribution in [1.29, 1.82) is 0 Å². The molecule has 7 heteroatoms. The topological polar surface area (TPSA) is 66.5 Å². The van der Waals surface area contributed by atoms with E-state index in [1.165, 1.54) is 16.4 Å². The quantitative estimate of drug-likeness (QED) is 0.819. The Morgan fingerprint density at radius 2 is 1.89 bits per heavy atom. The molecule has 2 aromatic rings. The van der Waals surface area contributed by atoms with Crippen LogP contribution in [0.5, 0.6) is 0 Å². The Labute approximate surface area is 165 Å². The fourth-order valence-electron chi connectivity index (χ4n) is 3.23. The summed E-state index contributed by atoms with van der Waals surface area (Å²) in [5.74, 6) is 0.224. The van der Waals surface area contributed by atoms with Crippen LogP contribution in [0.15, 0.2) is 47.4 Å². The Hall–Kier alpha value is -2.05. The van der Waals surface area contributed by atoms with Crippen LogP contribution in [0.4, 0.5) is 5.69 Å². The number of carbonyl (C=O) groups is 1. The summed E-state index contributed by atoms with van der Waals surface area (Å²) >= 11 is 5.88. The zero-order valence-electron chi connectivity index (χ0n) is 15.6. The lowest BCUT2D eigenvalue weighted by Crippen LogP contribution is -2.35. The number of benzene rings is 2. The Morgan fingerprint density at radius 1 is 1.22 bits per heavy atom. The largest absolute Gasteiger partial charge is 0.352 e. The molecule has 1 N–H and O–H groups in total. The van der Waals surface area contributed by atoms with E-state index in [0.717, 1.165) is 5.56 Å². The maximum atomic E-state index is 13.1. The van der Waals surface area contributed by atoms with Gasteiger partial charge in [-0.1, -0.05) is 25.4 Å². The lowest BCUT2D eigenvalue weighted by molar-refractivity contribution is 0.0949. The first-order chi connectivity index (χ1) is 12.7. The maximum absolute atomic E-state index is 13.1. The van der Waals surface area contributed by atoms with Crippen molar-refractivity contribution in [3.05, 3.63) is 58.6 Å². The summed E-state index contributed by atoms with van der Waals surface area (Å²) in [7, 11) is -3.70. The highest BCUT2D eigenvalue weighted by molar-refractivity contribution is 7.92. The predicted molar refractivity (Wildman–Crippen MR) is 108 cm³/mol. The molecule has 1 aliphatic heterocycles. The number of carbonyl (C=O) groups excluding carboxylic acids is 1. The van der Waals surface area contributed by atoms with Crippen LogP contribution >= 0.6 is 11.6 Å². The molecule has 1 atom stereocenters. The van der Waals surface area contributed by atoms with E-state index in [0.29, 0.717) is 35.2 Å². The maximum Gasteiger partial charge on any atom is 0.264 e. The number of halogens is 1. The monoisotopic (exact) mass is 406 g/mol. The number of anilines is 1. The minimum Gasteiger partial charge on any atom is -0.352 e. The smallest absolute Gasteiger partial charge is 0.264 e. The zero-order valence-corrected chi connectivity index (χ0v) is 17.1. The van der Waals surface area contributed by atoms with Crippen molar-refractivity contribution in [3.63, 3.8) is 0 Å². The van der Waals surface area contributed by atoms with Gasteiger partial charge in [-0.05, 0) is 67.3 Å². The molecular weight excluding hydrogens is 384 g/mol. The Kier molecular flexibility index (Phi) is 5.49. The van der Waals surface area contributed by atoms with Gasteiger partial charge < -0.3 is 5.32 Å². The fraction of sp³-hybridized carbons (Fsp3) is 0.350. The minimum atomic E-state index is -3.70. The summed E-state index contributed by atoms with van der Waals surface area (Å²) in [5.41, 5.74) is 2.03. The predicted octanol–water partition coefficient (Wildman–Crippen LogP) is 3.87. The third-order valence-electron chi connectivity index (χ3n) is 4.54. The lowest BCUT2D eigenvalue weighted by Gasteiger charge is -2.24. The number of amides is 1. The summed E-state index contributed by atoms with van der Waals surface area (Å²) < 4.78 is 27.7. The molecule has 0 aliphatic carbocycles. The van der Waals surface area contributed by atoms with Gasteiger partial charge in [-0.2, -0.15) is 0 Å². The first-order valence-corrected chi connectivity index (χ1v) is 10.7. The van der Waals surface area contributed by atoms with Crippen LogP contribution in [-0.2, 0) is 16.4 Å². The normalized spacial score (nSPS) is 16.5. The van der Waals surface area contributed by atoms with Gasteiger partial charge in [0.1, 0.15) is 0 Å². The Bertz CT molecular complexity index is 956. The molecule has 0 saturated carbocycles. The molecule has 144 valence electrons. The van der Waals surface area contributed by atoms with Crippen LogP contribution in [0.2, 0.25) is 5.02 Å². The van der Waals surface area contributed by atoms with Crippen molar-refractivity contribution in [1.82, 2.24) is 5.32 Å². The average molecular weight is 407 g/mol. The van der Waals surface area contributed by atoms with E-state index >= 15 is 0 Å². The highest BCUT2D eigenvalue weighted by Gasteiger charge is 2.36. The minimum absolute atomic E-state index is 0.141. The van der Waals surface area contributed by atoms with Crippen LogP contribution in [0.3, 0.4) is 0 Å². The van der Waals surface area contributed by atoms with Crippen molar-refractivity contribution in [2.24, 2.45) is 5.92 Å². The second kappa shape index (κ2) is 7.52. The molecule has 0 bridgehead atoms. The standard InChI is InChI=1S/C20H23ClN2O3S/c1-13(2)12-22-20(24)15-4-9-19-16(11-15)10-14(3)23(19)27(25,26)18-7-5-17(21)6-8-18/h4-9,11,13-14H,10,12H2,1-3H3,(H,22,24)/t14-/m0/s1. The lowest BCUT2D eigenvalue weighted by atomic mass is 10.1. The molecule has 0 saturated heterocycles. The molecule has 2 aromatic carbocycles. The van der Waals surface area contributed by atoms with Gasteiger partial charge in [-0.3, -0.25) is 9.10 Å². The Morgan fingerprint density at radius 3 is 2.52 bits per heavy atom. The van der Waals surface area contributed by atoms with Crippen LogP contribution < -0.4 is 9.62 Å². The number of nitrogens with one attached hydrogen (secondary N) is 1. The molecule has 0 radical (unpaired) electrons. The molecule has 0 fully saturated rings. The van der Waals surface area contributed by atoms with E-state index in [2.05, 4.69) is 5.32 Å². The van der Waals surface area contributed by atoms with E-state index in [-0.39, 0.29) is 16.8 Å². The average Bonchev–Trinajstić information content (AvgIpc) is 2.95. The molecular formula is C20H23ClN2O3S. The van der Waals surface area contributed by atoms with Gasteiger partial charge in [-0.25, -0.2) is 8.42 Å². The molecule has 1 amide bonds. The molecule has 3 rings (SSSR count). The molecule has 1 heterocycles. The SMILES string of the molecule is CC(C)CNC(=O)c1ccc2c(c1)C[C@H](C)N2S(=O)(=O)c1ccc(Cl)cc1. The summed E-state index contributed by atoms with van der Waals surface area (Å²) in [6, 6.07) is 11.1. The third kappa shape index (κ3) is 3.96. The molecule has 27 heavy (non-hydrogen) atoms. The van der Waals surface area contributed by atoms with Gasteiger partial charge in [0.15, 0.2) is 0 Å². The molecule has 5 nitrogen and oxygen atoms in total. The van der Waals surface area contributed by atoms with Crippen LogP contribution in [0, 0.1) is 5.92 Å². The second-order valence-corrected chi connectivity index (χ2v) is 9.51. The highest BCUT2D eigenvalue weighted by Crippen LogP contribution is 2.37. The van der Waals surface area contributed by atoms with E-state index in [4.69, 9.17) is 11.6 Å². The number of hydrogen-bond donors (Lipinski definition) is 1. The zero-order chi connectivity index (χ0) is 19.8. The molecule has 1 aliphatic rings. The first-order valence-electron chi connectivity index (χ1n) is 8.91. The van der Waals surface area contributed by atoms with Gasteiger partial charge in [0, 0.05) is 23.2 Å². The van der Waals surface area contributed by atoms with Gasteiger partial charge in [0.25, 0.3) is 15.9 Å². The highest BCUT2D eigenvalue weighted by atomic mass is 35.5. The van der Waals surface area contributed by atoms with Crippen molar-refractivity contribution >= 4 is 33.2 Å². The number of hydrogen-bond acceptors (Lipinski definition) is 3. The number of sulfonamides is 1. The summed E-state index contributed by atoms with van der Waals surface area (Å²) in [5, 5.41) is 3.38. The summed E-state index contributed by atoms with van der Waals surface area (Å²) in [4.78, 5) is 12.5. The van der Waals surface area contributed by atoms with Gasteiger partial charge in [-0.15, -0.1) is 0 Å². The number of nitrogens with zero attached hydrogens (tertiary/aromatic N) is 1. The third-order valence-corrected chi connectivity index (χ3v) is 6.73. The molecule has 0 aromatic heterocycles. The summed E-state index contributed by atoms with van der Waals surface area (Å²) in [6.07, 6.45) is 0.563. The first kappa shape index (κ1) is 19.7. The van der Waals surface area contributed by atoms with Crippen LogP contribution in [0.25, 0.3) is 0 Å². The number of rotatable bonds is 5. The van der Waals surface area contributed by atoms with Crippen molar-refractivity contribution in [2.75, 3.05) is 10.8 Å². The fourth-order valence-corrected chi connectivity index (χ4v) is 5.05. The van der Waals surface area contributed by atoms with Gasteiger partial charge in [0.2, 0.25) is 0 Å². The van der Waals surface area contributed by atoms with Crippen LogP contribution in [0.1, 0.15) is 36.7 Å². The van der Waals surface area contributed by atoms with E-state index in [9.17, 15) is 13.2 Å². The van der Waals surface area contributed by atoms with Crippen molar-refractivity contribution in [3.8, 4) is 0 Å². The van der Waals surface area contributed by atoms with E-state index in [1.807, 2.05) is 20.8 Å². The van der Waals surface area contributed by atoms with E-state index in [1.54, 1.807) is 30.3 Å². The Balaban J connectivity index is 1.92. The molecule has 0 unspecified atom stereocenters. The second-order valence-electron chi connectivity index (χ2n) is 7.26. The van der Waals surface area contributed by atoms with Crippen LogP contribution in [-0.4, -0.2) is 26.9 Å². The van der Waals surface area contributed by atoms with Crippen molar-refractivity contribution in [2.45, 2.75) is 38.1 Å². The van der Waals surface area contributed by atoms with Gasteiger partial charge >= 0.3 is 0 Å². The molecule has 0 spiro atoms. The van der Waals surface area contributed by atoms with Gasteiger partial charge in [0.05, 0.1) is 10.6 Å². The number of fused-ring (bicyclic) bond motifs is 1. The van der Waals surface area contributed by atoms with Crippen molar-refractivity contribution < 1.29 is 13.2 Å². The summed E-state index contributed by atoms with van der Waals surface area (Å²) in [6.45, 7) is 6.53.